The molecule has 6 aromatic rings. The first-order chi connectivity index (χ1) is 23.9. The minimum Gasteiger partial charge on any atom is -0.510 e. The summed E-state index contributed by atoms with van der Waals surface area (Å²) in [5.74, 6) is 2.61. The number of pyridine rings is 1. The number of nitrogens with zero attached hydrogens (tertiary/aromatic N) is 3. The van der Waals surface area contributed by atoms with Crippen LogP contribution in [0.1, 0.15) is 110 Å². The van der Waals surface area contributed by atoms with E-state index >= 15 is 0 Å². The molecule has 1 aliphatic heterocycles. The molecule has 7 rings (SSSR count). The molecule has 6 heteroatoms. The third-order valence-electron chi connectivity index (χ3n) is 9.88. The molecule has 0 spiro atoms. The minimum atomic E-state index is -0.444. The summed E-state index contributed by atoms with van der Waals surface area (Å²) >= 11 is 0. The Kier molecular flexibility index (Phi) is 9.62. The van der Waals surface area contributed by atoms with Crippen molar-refractivity contribution in [1.82, 2.24) is 9.55 Å². The Balaban J connectivity index is 0.00000464. The van der Waals surface area contributed by atoms with Crippen LogP contribution in [0.5, 0.6) is 11.5 Å². The molecule has 2 aromatic heterocycles. The number of benzene rings is 4. The fourth-order valence-corrected chi connectivity index (χ4v) is 6.79. The van der Waals surface area contributed by atoms with Gasteiger partial charge >= 0.3 is 21.1 Å². The first-order valence-electron chi connectivity index (χ1n) is 17.9. The van der Waals surface area contributed by atoms with E-state index in [1.54, 1.807) is 0 Å². The van der Waals surface area contributed by atoms with Crippen molar-refractivity contribution in [3.63, 3.8) is 0 Å². The first kappa shape index (κ1) is 37.5. The molecular weight excluding hydrogens is 822 g/mol. The molecule has 0 N–H and O–H groups in total. The van der Waals surface area contributed by atoms with Crippen LogP contribution in [0.3, 0.4) is 0 Å². The van der Waals surface area contributed by atoms with Gasteiger partial charge in [-0.2, -0.15) is 6.07 Å². The van der Waals surface area contributed by atoms with Gasteiger partial charge in [0.05, 0.1) is 5.54 Å². The molecule has 3 heterocycles. The van der Waals surface area contributed by atoms with Crippen LogP contribution in [-0.4, -0.2) is 21.0 Å². The maximum Gasteiger partial charge on any atom is 2.00 e. The van der Waals surface area contributed by atoms with Crippen LogP contribution in [0.15, 0.2) is 96.1 Å². The zero-order valence-corrected chi connectivity index (χ0v) is 34.5. The molecule has 0 unspecified atom stereocenters. The van der Waals surface area contributed by atoms with E-state index in [4.69, 9.17) is 19.5 Å². The van der Waals surface area contributed by atoms with E-state index in [2.05, 4.69) is 154 Å². The number of hydrogen-bond acceptors (Lipinski definition) is 4. The zero-order valence-electron chi connectivity index (χ0n) is 32.2. The Morgan fingerprint density at radius 3 is 2.04 bits per heavy atom. The van der Waals surface area contributed by atoms with Gasteiger partial charge in [0.25, 0.3) is 0 Å². The van der Waals surface area contributed by atoms with Crippen LogP contribution in [0.2, 0.25) is 0 Å². The van der Waals surface area contributed by atoms with Gasteiger partial charge in [-0.3, -0.25) is 4.99 Å². The number of aliphatic imine (C=N–C) groups is 1. The summed E-state index contributed by atoms with van der Waals surface area (Å²) in [5.41, 5.74) is 6.86. The van der Waals surface area contributed by atoms with Crippen LogP contribution in [-0.2, 0) is 42.0 Å². The zero-order chi connectivity index (χ0) is 36.5. The van der Waals surface area contributed by atoms with E-state index in [1.807, 2.05) is 30.5 Å². The monoisotopic (exact) mass is 870 g/mol. The Morgan fingerprint density at radius 1 is 0.692 bits per heavy atom. The summed E-state index contributed by atoms with van der Waals surface area (Å²) in [4.78, 5) is 9.95. The number of hydrogen-bond donors (Lipinski definition) is 0. The van der Waals surface area contributed by atoms with Gasteiger partial charge in [-0.1, -0.05) is 128 Å². The summed E-state index contributed by atoms with van der Waals surface area (Å²) in [7, 11) is 0. The summed E-state index contributed by atoms with van der Waals surface area (Å²) in [5, 5.41) is 2.26. The van der Waals surface area contributed by atoms with Crippen molar-refractivity contribution < 1.29 is 30.5 Å². The summed E-state index contributed by atoms with van der Waals surface area (Å²) in [6, 6.07) is 36.9. The van der Waals surface area contributed by atoms with Gasteiger partial charge in [0, 0.05) is 23.2 Å². The molecule has 5 nitrogen and oxygen atoms in total. The Hall–Kier alpha value is -4.21. The molecule has 1 atom stereocenters. The van der Waals surface area contributed by atoms with E-state index in [-0.39, 0.29) is 43.4 Å². The van der Waals surface area contributed by atoms with Crippen molar-refractivity contribution in [3.8, 4) is 17.3 Å². The van der Waals surface area contributed by atoms with Crippen molar-refractivity contribution >= 4 is 27.7 Å². The topological polar surface area (TPSA) is 48.6 Å². The van der Waals surface area contributed by atoms with Crippen molar-refractivity contribution in [3.05, 3.63) is 131 Å². The van der Waals surface area contributed by atoms with E-state index in [9.17, 15) is 0 Å². The average Bonchev–Trinajstić information content (AvgIpc) is 3.56. The molecule has 0 amide bonds. The van der Waals surface area contributed by atoms with E-state index < -0.39 is 5.54 Å². The maximum absolute atomic E-state index is 6.67. The third kappa shape index (κ3) is 7.22. The van der Waals surface area contributed by atoms with Crippen LogP contribution >= 0.6 is 0 Å². The Bertz CT molecular complexity index is 2300. The molecule has 1 aliphatic rings. The molecule has 0 bridgehead atoms. The molecule has 52 heavy (non-hydrogen) atoms. The molecule has 0 fully saturated rings. The molecular formula is C46H49N3O2Pt. The quantitative estimate of drug-likeness (QED) is 0.162. The van der Waals surface area contributed by atoms with Crippen molar-refractivity contribution in [2.45, 2.75) is 104 Å². The van der Waals surface area contributed by atoms with Crippen LogP contribution in [0.25, 0.3) is 27.6 Å². The van der Waals surface area contributed by atoms with Gasteiger partial charge in [-0.25, -0.2) is 4.98 Å². The van der Waals surface area contributed by atoms with E-state index in [0.29, 0.717) is 17.4 Å². The third-order valence-corrected chi connectivity index (χ3v) is 9.88. The second-order valence-electron chi connectivity index (χ2n) is 17.5. The number of ether oxygens (including phenoxy) is 2. The van der Waals surface area contributed by atoms with Gasteiger partial charge in [0.1, 0.15) is 17.8 Å². The fraction of sp³-hybridized carbons (Fsp3) is 0.348. The first-order valence-corrected chi connectivity index (χ1v) is 17.9. The summed E-state index contributed by atoms with van der Waals surface area (Å²) in [6.07, 6.45) is 1.70. The molecule has 270 valence electrons. The van der Waals surface area contributed by atoms with E-state index in [0.717, 1.165) is 38.9 Å². The number of aromatic nitrogens is 2. The standard InChI is InChI=1S/C46H49N3O2.Pt/c1-43(2,3)31-17-20-38-37(26-31)36-19-18-34(28-39(36)49(38)40-27-32(21-22-47-40)44(4,5)6)50-35-24-30(23-33(25-35)45(7,8)9)42-48-46(10,11)41(51-42)29-15-13-12-14-16-29;/h12-23,25-27,41H,1-11H3;/q-2;+2/t41-;/m0./s1. The van der Waals surface area contributed by atoms with Gasteiger partial charge in [0.15, 0.2) is 0 Å². The summed E-state index contributed by atoms with van der Waals surface area (Å²) < 4.78 is 15.5. The normalized spacial score (nSPS) is 16.1. The van der Waals surface area contributed by atoms with Crippen molar-refractivity contribution in [1.29, 1.82) is 0 Å². The van der Waals surface area contributed by atoms with E-state index in [1.165, 1.54) is 16.5 Å². The Morgan fingerprint density at radius 2 is 1.37 bits per heavy atom. The van der Waals surface area contributed by atoms with Crippen molar-refractivity contribution in [2.75, 3.05) is 0 Å². The molecule has 0 saturated heterocycles. The maximum atomic E-state index is 6.67. The average molecular weight is 871 g/mol. The predicted octanol–water partition coefficient (Wildman–Crippen LogP) is 11.8. The second-order valence-corrected chi connectivity index (χ2v) is 17.5. The SMILES string of the molecule is CC(C)(C)c1cc(Oc2[c-]c3c(cc2)c2cc(C(C)(C)C)ccc2n3-c2cc(C(C)(C)C)ccn2)[c-]c(C2=NC(C)(C)[C@H](c3ccccc3)O2)c1.[Pt+2]. The van der Waals surface area contributed by atoms with Gasteiger partial charge in [-0.05, 0) is 70.4 Å². The van der Waals surface area contributed by atoms with Crippen LogP contribution in [0.4, 0.5) is 0 Å². The second kappa shape index (κ2) is 13.3. The van der Waals surface area contributed by atoms with Crippen molar-refractivity contribution in [2.24, 2.45) is 4.99 Å². The number of rotatable bonds is 5. The van der Waals surface area contributed by atoms with Gasteiger partial charge < -0.3 is 14.0 Å². The number of fused-ring (bicyclic) bond motifs is 3. The molecule has 0 radical (unpaired) electrons. The van der Waals surface area contributed by atoms with Crippen LogP contribution < -0.4 is 4.74 Å². The predicted molar refractivity (Wildman–Crippen MR) is 210 cm³/mol. The Labute approximate surface area is 323 Å². The molecule has 0 aliphatic carbocycles. The smallest absolute Gasteiger partial charge is 0.510 e. The van der Waals surface area contributed by atoms with Gasteiger partial charge in [0.2, 0.25) is 0 Å². The molecule has 0 saturated carbocycles. The fourth-order valence-electron chi connectivity index (χ4n) is 6.79. The largest absolute Gasteiger partial charge is 2.00 e. The van der Waals surface area contributed by atoms with Crippen LogP contribution in [0, 0.1) is 12.1 Å². The molecule has 4 aromatic carbocycles. The summed E-state index contributed by atoms with van der Waals surface area (Å²) in [6.45, 7) is 24.3. The van der Waals surface area contributed by atoms with Gasteiger partial charge in [-0.15, -0.1) is 29.1 Å². The minimum absolute atomic E-state index is 0.